The molecule has 0 aliphatic carbocycles. The fraction of sp³-hybridized carbons (Fsp3) is 0.429. The van der Waals surface area contributed by atoms with Gasteiger partial charge in [-0.15, -0.1) is 0 Å². The lowest BCUT2D eigenvalue weighted by Crippen LogP contribution is -2.46. The summed E-state index contributed by atoms with van der Waals surface area (Å²) in [5.41, 5.74) is 1.77. The van der Waals surface area contributed by atoms with Crippen LogP contribution < -0.4 is 16.0 Å². The highest BCUT2D eigenvalue weighted by Gasteiger charge is 2.14. The Balaban J connectivity index is 2.44. The van der Waals surface area contributed by atoms with Gasteiger partial charge in [-0.1, -0.05) is 19.1 Å². The maximum Gasteiger partial charge on any atom is 0.319 e. The monoisotopic (exact) mass is 263 g/mol. The number of anilines is 1. The molecule has 0 aliphatic heterocycles. The number of amides is 3. The first-order chi connectivity index (χ1) is 9.02. The van der Waals surface area contributed by atoms with E-state index in [9.17, 15) is 9.59 Å². The van der Waals surface area contributed by atoms with Crippen LogP contribution in [0.3, 0.4) is 0 Å². The quantitative estimate of drug-likeness (QED) is 0.760. The molecule has 5 nitrogen and oxygen atoms in total. The molecule has 0 saturated heterocycles. The van der Waals surface area contributed by atoms with Crippen LogP contribution in [-0.2, 0) is 4.79 Å². The number of hydrogen-bond acceptors (Lipinski definition) is 2. The topological polar surface area (TPSA) is 70.2 Å². The number of carbonyl (C=O) groups excluding carboxylic acids is 2. The zero-order chi connectivity index (χ0) is 14.3. The number of rotatable bonds is 5. The highest BCUT2D eigenvalue weighted by molar-refractivity contribution is 5.93. The van der Waals surface area contributed by atoms with E-state index >= 15 is 0 Å². The molecular formula is C14H21N3O2. The lowest BCUT2D eigenvalue weighted by molar-refractivity contribution is -0.122. The minimum atomic E-state index is -0.559. The van der Waals surface area contributed by atoms with E-state index in [1.807, 2.05) is 32.0 Å². The Labute approximate surface area is 113 Å². The average molecular weight is 263 g/mol. The molecule has 0 heterocycles. The first kappa shape index (κ1) is 15.0. The van der Waals surface area contributed by atoms with Crippen LogP contribution in [0.4, 0.5) is 10.5 Å². The van der Waals surface area contributed by atoms with Crippen molar-refractivity contribution in [1.29, 1.82) is 0 Å². The summed E-state index contributed by atoms with van der Waals surface area (Å²) in [5, 5.41) is 8.02. The average Bonchev–Trinajstić information content (AvgIpc) is 2.35. The van der Waals surface area contributed by atoms with Gasteiger partial charge in [0.1, 0.15) is 6.04 Å². The first-order valence-electron chi connectivity index (χ1n) is 6.44. The smallest absolute Gasteiger partial charge is 0.319 e. The van der Waals surface area contributed by atoms with Crippen LogP contribution in [0.2, 0.25) is 0 Å². The largest absolute Gasteiger partial charge is 0.354 e. The maximum atomic E-state index is 11.7. The third-order valence-electron chi connectivity index (χ3n) is 2.57. The molecule has 1 rings (SSSR count). The number of carbonyl (C=O) groups is 2. The number of urea groups is 1. The van der Waals surface area contributed by atoms with Crippen LogP contribution in [0, 0.1) is 6.92 Å². The number of benzene rings is 1. The molecule has 3 N–H and O–H groups in total. The number of hydrogen-bond donors (Lipinski definition) is 3. The molecule has 5 heteroatoms. The Bertz CT molecular complexity index is 446. The van der Waals surface area contributed by atoms with Gasteiger partial charge in [0.15, 0.2) is 0 Å². The van der Waals surface area contributed by atoms with Gasteiger partial charge in [0.25, 0.3) is 0 Å². The summed E-state index contributed by atoms with van der Waals surface area (Å²) in [4.78, 5) is 23.3. The van der Waals surface area contributed by atoms with E-state index in [0.717, 1.165) is 12.0 Å². The van der Waals surface area contributed by atoms with Crippen LogP contribution in [0.5, 0.6) is 0 Å². The van der Waals surface area contributed by atoms with Gasteiger partial charge < -0.3 is 16.0 Å². The molecule has 0 fully saturated rings. The fourth-order valence-corrected chi connectivity index (χ4v) is 1.55. The second-order valence-electron chi connectivity index (χ2n) is 4.48. The summed E-state index contributed by atoms with van der Waals surface area (Å²) in [7, 11) is 0. The van der Waals surface area contributed by atoms with Gasteiger partial charge in [0.2, 0.25) is 5.91 Å². The van der Waals surface area contributed by atoms with Crippen LogP contribution in [-0.4, -0.2) is 24.5 Å². The minimum absolute atomic E-state index is 0.179. The molecule has 0 saturated carbocycles. The Morgan fingerprint density at radius 1 is 1.32 bits per heavy atom. The molecule has 19 heavy (non-hydrogen) atoms. The Morgan fingerprint density at radius 3 is 2.68 bits per heavy atom. The number of nitrogens with one attached hydrogen (secondary N) is 3. The summed E-state index contributed by atoms with van der Waals surface area (Å²) in [5.74, 6) is -0.179. The highest BCUT2D eigenvalue weighted by Crippen LogP contribution is 2.09. The fourth-order valence-electron chi connectivity index (χ4n) is 1.55. The highest BCUT2D eigenvalue weighted by atomic mass is 16.2. The molecule has 1 atom stereocenters. The molecule has 3 amide bonds. The van der Waals surface area contributed by atoms with Crippen molar-refractivity contribution in [3.05, 3.63) is 29.8 Å². The molecule has 0 aromatic heterocycles. The van der Waals surface area contributed by atoms with E-state index in [4.69, 9.17) is 0 Å². The predicted octanol–water partition coefficient (Wildman–Crippen LogP) is 2.03. The van der Waals surface area contributed by atoms with Gasteiger partial charge in [-0.05, 0) is 38.0 Å². The Kier molecular flexibility index (Phi) is 5.85. The van der Waals surface area contributed by atoms with Crippen LogP contribution in [0.15, 0.2) is 24.3 Å². The van der Waals surface area contributed by atoms with E-state index in [2.05, 4.69) is 16.0 Å². The molecule has 0 bridgehead atoms. The van der Waals surface area contributed by atoms with E-state index in [1.54, 1.807) is 13.0 Å². The predicted molar refractivity (Wildman–Crippen MR) is 76.1 cm³/mol. The van der Waals surface area contributed by atoms with E-state index < -0.39 is 6.04 Å². The van der Waals surface area contributed by atoms with Crippen molar-refractivity contribution in [1.82, 2.24) is 10.6 Å². The molecule has 1 unspecified atom stereocenters. The second-order valence-corrected chi connectivity index (χ2v) is 4.48. The zero-order valence-electron chi connectivity index (χ0n) is 11.6. The summed E-state index contributed by atoms with van der Waals surface area (Å²) < 4.78 is 0. The Hall–Kier alpha value is -2.04. The van der Waals surface area contributed by atoms with Gasteiger partial charge in [0.05, 0.1) is 0 Å². The molecule has 104 valence electrons. The normalized spacial score (nSPS) is 11.5. The summed E-state index contributed by atoms with van der Waals surface area (Å²) >= 11 is 0. The first-order valence-corrected chi connectivity index (χ1v) is 6.44. The molecule has 1 aromatic rings. The molecule has 1 aromatic carbocycles. The molecule has 0 spiro atoms. The van der Waals surface area contributed by atoms with Crippen molar-refractivity contribution in [2.24, 2.45) is 0 Å². The molecule has 0 radical (unpaired) electrons. The standard InChI is InChI=1S/C14H21N3O2/c1-4-8-15-13(18)11(3)16-14(19)17-12-7-5-6-10(2)9-12/h5-7,9,11H,4,8H2,1-3H3,(H,15,18)(H2,16,17,19). The second kappa shape index (κ2) is 7.41. The number of aryl methyl sites for hydroxylation is 1. The van der Waals surface area contributed by atoms with E-state index in [0.29, 0.717) is 12.2 Å². The Morgan fingerprint density at radius 2 is 2.05 bits per heavy atom. The third-order valence-corrected chi connectivity index (χ3v) is 2.57. The van der Waals surface area contributed by atoms with Gasteiger partial charge in [-0.25, -0.2) is 4.79 Å². The summed E-state index contributed by atoms with van der Waals surface area (Å²) in [6.45, 7) is 6.19. The SMILES string of the molecule is CCCNC(=O)C(C)NC(=O)Nc1cccc(C)c1. The van der Waals surface area contributed by atoms with Gasteiger partial charge in [-0.3, -0.25) is 4.79 Å². The van der Waals surface area contributed by atoms with Crippen molar-refractivity contribution in [2.75, 3.05) is 11.9 Å². The van der Waals surface area contributed by atoms with Crippen molar-refractivity contribution < 1.29 is 9.59 Å². The van der Waals surface area contributed by atoms with Crippen LogP contribution in [0.25, 0.3) is 0 Å². The van der Waals surface area contributed by atoms with E-state index in [-0.39, 0.29) is 11.9 Å². The summed E-state index contributed by atoms with van der Waals surface area (Å²) in [6.07, 6.45) is 0.869. The zero-order valence-corrected chi connectivity index (χ0v) is 11.6. The van der Waals surface area contributed by atoms with Crippen LogP contribution in [0.1, 0.15) is 25.8 Å². The van der Waals surface area contributed by atoms with Gasteiger partial charge >= 0.3 is 6.03 Å². The molecular weight excluding hydrogens is 242 g/mol. The lowest BCUT2D eigenvalue weighted by atomic mass is 10.2. The van der Waals surface area contributed by atoms with Gasteiger partial charge in [-0.2, -0.15) is 0 Å². The van der Waals surface area contributed by atoms with Crippen molar-refractivity contribution in [3.63, 3.8) is 0 Å². The third kappa shape index (κ3) is 5.42. The maximum absolute atomic E-state index is 11.7. The van der Waals surface area contributed by atoms with Crippen molar-refractivity contribution in [2.45, 2.75) is 33.2 Å². The van der Waals surface area contributed by atoms with Crippen molar-refractivity contribution in [3.8, 4) is 0 Å². The lowest BCUT2D eigenvalue weighted by Gasteiger charge is -2.14. The minimum Gasteiger partial charge on any atom is -0.354 e. The van der Waals surface area contributed by atoms with E-state index in [1.165, 1.54) is 0 Å². The molecule has 0 aliphatic rings. The summed E-state index contributed by atoms with van der Waals surface area (Å²) in [6, 6.07) is 6.53. The van der Waals surface area contributed by atoms with Gasteiger partial charge in [0, 0.05) is 12.2 Å². The van der Waals surface area contributed by atoms with Crippen molar-refractivity contribution >= 4 is 17.6 Å². The van der Waals surface area contributed by atoms with Crippen LogP contribution >= 0.6 is 0 Å².